The number of carbonyl (C=O) groups is 2. The maximum atomic E-state index is 12.7. The zero-order chi connectivity index (χ0) is 22.7. The van der Waals surface area contributed by atoms with E-state index in [9.17, 15) is 9.59 Å². The molecule has 1 aliphatic heterocycles. The number of hydrogen-bond donors (Lipinski definition) is 1. The van der Waals surface area contributed by atoms with E-state index in [1.807, 2.05) is 63.2 Å². The van der Waals surface area contributed by atoms with Gasteiger partial charge in [-0.3, -0.25) is 4.79 Å². The fraction of sp³-hybridized carbons (Fsp3) is 0.400. The average Bonchev–Trinajstić information content (AvgIpc) is 3.16. The SMILES string of the molecule is CC(C)(C)OC(=O)N1CCC(C(=O)Nc2ccc(Cc3nc4ccccc4s3)cc2)CC1. The molecule has 2 heterocycles. The van der Waals surface area contributed by atoms with Crippen LogP contribution in [0.2, 0.25) is 0 Å². The van der Waals surface area contributed by atoms with Crippen molar-refractivity contribution in [2.75, 3.05) is 18.4 Å². The number of para-hydroxylation sites is 1. The van der Waals surface area contributed by atoms with Crippen LogP contribution in [0.15, 0.2) is 48.5 Å². The van der Waals surface area contributed by atoms with Gasteiger partial charge >= 0.3 is 6.09 Å². The molecule has 0 bridgehead atoms. The van der Waals surface area contributed by atoms with Crippen molar-refractivity contribution in [3.05, 3.63) is 59.1 Å². The molecular weight excluding hydrogens is 422 g/mol. The maximum absolute atomic E-state index is 12.7. The summed E-state index contributed by atoms with van der Waals surface area (Å²) in [5, 5.41) is 4.10. The lowest BCUT2D eigenvalue weighted by molar-refractivity contribution is -0.121. The van der Waals surface area contributed by atoms with Gasteiger partial charge in [0.1, 0.15) is 5.60 Å². The largest absolute Gasteiger partial charge is 0.444 e. The van der Waals surface area contributed by atoms with Crippen LogP contribution in [0.5, 0.6) is 0 Å². The summed E-state index contributed by atoms with van der Waals surface area (Å²) in [5.74, 6) is -0.0936. The number of ether oxygens (including phenoxy) is 1. The summed E-state index contributed by atoms with van der Waals surface area (Å²) >= 11 is 1.71. The van der Waals surface area contributed by atoms with E-state index in [-0.39, 0.29) is 17.9 Å². The second kappa shape index (κ2) is 9.28. The minimum Gasteiger partial charge on any atom is -0.444 e. The lowest BCUT2D eigenvalue weighted by Crippen LogP contribution is -2.43. The zero-order valence-electron chi connectivity index (χ0n) is 18.8. The van der Waals surface area contributed by atoms with Crippen molar-refractivity contribution in [1.29, 1.82) is 0 Å². The molecule has 7 heteroatoms. The van der Waals surface area contributed by atoms with Crippen LogP contribution >= 0.6 is 11.3 Å². The molecule has 168 valence electrons. The molecule has 32 heavy (non-hydrogen) atoms. The van der Waals surface area contributed by atoms with Gasteiger partial charge in [0.15, 0.2) is 0 Å². The van der Waals surface area contributed by atoms with Gasteiger partial charge in [-0.2, -0.15) is 0 Å². The minimum absolute atomic E-state index is 0.00719. The predicted octanol–water partition coefficient (Wildman–Crippen LogP) is 5.47. The van der Waals surface area contributed by atoms with Crippen molar-refractivity contribution < 1.29 is 14.3 Å². The number of benzene rings is 2. The Labute approximate surface area is 192 Å². The molecule has 0 aliphatic carbocycles. The van der Waals surface area contributed by atoms with Gasteiger partial charge in [0.05, 0.1) is 15.2 Å². The molecule has 0 saturated carbocycles. The molecule has 1 fully saturated rings. The molecule has 2 aromatic carbocycles. The molecule has 0 radical (unpaired) electrons. The van der Waals surface area contributed by atoms with E-state index in [0.717, 1.165) is 28.2 Å². The number of nitrogens with one attached hydrogen (secondary N) is 1. The van der Waals surface area contributed by atoms with Crippen molar-refractivity contribution in [3.63, 3.8) is 0 Å². The maximum Gasteiger partial charge on any atom is 0.410 e. The van der Waals surface area contributed by atoms with Crippen LogP contribution < -0.4 is 5.32 Å². The molecule has 4 rings (SSSR count). The lowest BCUT2D eigenvalue weighted by atomic mass is 9.96. The summed E-state index contributed by atoms with van der Waals surface area (Å²) in [6, 6.07) is 16.1. The molecule has 0 atom stereocenters. The summed E-state index contributed by atoms with van der Waals surface area (Å²) in [6.45, 7) is 6.64. The number of carbonyl (C=O) groups excluding carboxylic acids is 2. The van der Waals surface area contributed by atoms with Crippen LogP contribution in [-0.4, -0.2) is 40.6 Å². The van der Waals surface area contributed by atoms with E-state index >= 15 is 0 Å². The molecule has 1 saturated heterocycles. The number of thiazole rings is 1. The number of rotatable bonds is 4. The predicted molar refractivity (Wildman–Crippen MR) is 128 cm³/mol. The molecule has 0 spiro atoms. The Balaban J connectivity index is 1.28. The van der Waals surface area contributed by atoms with E-state index in [0.29, 0.717) is 25.9 Å². The van der Waals surface area contributed by atoms with E-state index in [4.69, 9.17) is 4.74 Å². The summed E-state index contributed by atoms with van der Waals surface area (Å²) < 4.78 is 6.62. The first kappa shape index (κ1) is 22.3. The van der Waals surface area contributed by atoms with Crippen LogP contribution in [-0.2, 0) is 16.0 Å². The number of anilines is 1. The Hall–Kier alpha value is -2.93. The summed E-state index contributed by atoms with van der Waals surface area (Å²) in [7, 11) is 0. The van der Waals surface area contributed by atoms with Gasteiger partial charge in [0.25, 0.3) is 0 Å². The van der Waals surface area contributed by atoms with Gasteiger partial charge in [-0.25, -0.2) is 9.78 Å². The highest BCUT2D eigenvalue weighted by Crippen LogP contribution is 2.25. The number of piperidine rings is 1. The number of fused-ring (bicyclic) bond motifs is 1. The average molecular weight is 452 g/mol. The van der Waals surface area contributed by atoms with Crippen molar-refractivity contribution in [2.24, 2.45) is 5.92 Å². The highest BCUT2D eigenvalue weighted by atomic mass is 32.1. The van der Waals surface area contributed by atoms with Crippen LogP contribution in [0.25, 0.3) is 10.2 Å². The zero-order valence-corrected chi connectivity index (χ0v) is 19.6. The molecule has 1 aromatic heterocycles. The monoisotopic (exact) mass is 451 g/mol. The highest BCUT2D eigenvalue weighted by Gasteiger charge is 2.29. The normalized spacial score (nSPS) is 15.0. The number of amides is 2. The quantitative estimate of drug-likeness (QED) is 0.571. The summed E-state index contributed by atoms with van der Waals surface area (Å²) in [6.07, 6.45) is 1.75. The minimum atomic E-state index is -0.509. The van der Waals surface area contributed by atoms with E-state index in [1.54, 1.807) is 16.2 Å². The van der Waals surface area contributed by atoms with Crippen LogP contribution in [0.3, 0.4) is 0 Å². The van der Waals surface area contributed by atoms with Crippen molar-refractivity contribution in [3.8, 4) is 0 Å². The first-order valence-corrected chi connectivity index (χ1v) is 11.8. The van der Waals surface area contributed by atoms with E-state index < -0.39 is 5.60 Å². The molecule has 6 nitrogen and oxygen atoms in total. The Kier molecular flexibility index (Phi) is 6.46. The van der Waals surface area contributed by atoms with E-state index in [2.05, 4.69) is 16.4 Å². The third-order valence-corrected chi connectivity index (χ3v) is 6.47. The Morgan fingerprint density at radius 2 is 1.78 bits per heavy atom. The fourth-order valence-electron chi connectivity index (χ4n) is 3.77. The lowest BCUT2D eigenvalue weighted by Gasteiger charge is -2.32. The standard InChI is InChI=1S/C25H29N3O3S/c1-25(2,3)31-24(30)28-14-12-18(13-15-28)23(29)26-19-10-8-17(9-11-19)16-22-27-20-6-4-5-7-21(20)32-22/h4-11,18H,12-16H2,1-3H3,(H,26,29). The molecule has 3 aromatic rings. The second-order valence-corrected chi connectivity index (χ2v) is 10.3. The Morgan fingerprint density at radius 3 is 2.44 bits per heavy atom. The molecule has 0 unspecified atom stereocenters. The highest BCUT2D eigenvalue weighted by molar-refractivity contribution is 7.18. The van der Waals surface area contributed by atoms with E-state index in [1.165, 1.54) is 4.70 Å². The smallest absolute Gasteiger partial charge is 0.410 e. The first-order chi connectivity index (χ1) is 15.3. The van der Waals surface area contributed by atoms with Gasteiger partial charge in [-0.05, 0) is 63.4 Å². The van der Waals surface area contributed by atoms with Crippen molar-refractivity contribution >= 4 is 39.2 Å². The van der Waals surface area contributed by atoms with Crippen molar-refractivity contribution in [2.45, 2.75) is 45.6 Å². The summed E-state index contributed by atoms with van der Waals surface area (Å²) in [5.41, 5.74) is 2.48. The van der Waals surface area contributed by atoms with Crippen LogP contribution in [0, 0.1) is 5.92 Å². The number of hydrogen-bond acceptors (Lipinski definition) is 5. The van der Waals surface area contributed by atoms with Crippen LogP contribution in [0.4, 0.5) is 10.5 Å². The number of likely N-dealkylation sites (tertiary alicyclic amines) is 1. The van der Waals surface area contributed by atoms with Gasteiger partial charge in [-0.1, -0.05) is 24.3 Å². The van der Waals surface area contributed by atoms with Gasteiger partial charge in [-0.15, -0.1) is 11.3 Å². The first-order valence-electron chi connectivity index (χ1n) is 11.0. The Morgan fingerprint density at radius 1 is 1.09 bits per heavy atom. The molecule has 2 amide bonds. The summed E-state index contributed by atoms with van der Waals surface area (Å²) in [4.78, 5) is 31.3. The third kappa shape index (κ3) is 5.65. The Bertz CT molecular complexity index is 1060. The number of nitrogens with zero attached hydrogens (tertiary/aromatic N) is 2. The topological polar surface area (TPSA) is 71.5 Å². The van der Waals surface area contributed by atoms with Gasteiger partial charge in [0.2, 0.25) is 5.91 Å². The molecular formula is C25H29N3O3S. The van der Waals surface area contributed by atoms with Gasteiger partial charge < -0.3 is 15.0 Å². The molecule has 1 N–H and O–H groups in total. The van der Waals surface area contributed by atoms with Crippen molar-refractivity contribution in [1.82, 2.24) is 9.88 Å². The number of aromatic nitrogens is 1. The molecule has 1 aliphatic rings. The fourth-order valence-corrected chi connectivity index (χ4v) is 4.77. The third-order valence-electron chi connectivity index (χ3n) is 5.43. The second-order valence-electron chi connectivity index (χ2n) is 9.18. The van der Waals surface area contributed by atoms with Crippen LogP contribution in [0.1, 0.15) is 44.2 Å². The van der Waals surface area contributed by atoms with Gasteiger partial charge in [0, 0.05) is 31.1 Å².